The molecule has 0 bridgehead atoms. The number of rotatable bonds is 5. The van der Waals surface area contributed by atoms with Crippen LogP contribution in [0.25, 0.3) is 0 Å². The highest BCUT2D eigenvalue weighted by Crippen LogP contribution is 2.45. The number of aryl methyl sites for hydroxylation is 1. The van der Waals surface area contributed by atoms with E-state index in [0.717, 1.165) is 5.56 Å². The molecule has 1 heterocycles. The topological polar surface area (TPSA) is 72.9 Å². The van der Waals surface area contributed by atoms with Crippen LogP contribution in [0.4, 0.5) is 0 Å². The van der Waals surface area contributed by atoms with E-state index in [0.29, 0.717) is 0 Å². The van der Waals surface area contributed by atoms with Gasteiger partial charge in [-0.05, 0) is 31.2 Å². The summed E-state index contributed by atoms with van der Waals surface area (Å²) in [5, 5.41) is 0. The number of Topliss-reactive ketones (excluding diaryl/α,β-unsaturated/α-hetero) is 1. The Morgan fingerprint density at radius 3 is 2.19 bits per heavy atom. The minimum Gasteiger partial charge on any atom is -0.493 e. The molecule has 1 saturated heterocycles. The van der Waals surface area contributed by atoms with Crippen LogP contribution in [0.5, 0.6) is 0 Å². The quantitative estimate of drug-likeness (QED) is 0.723. The molecular formula is C20H23NO5S. The molecule has 6 nitrogen and oxygen atoms in total. The molecule has 0 saturated carbocycles. The standard InChI is InChI=1S/C20H23NO5S/c1-5-15-12-21(27(23,24)16-8-6-14(2)7-9-16)13-20(15)10-17(25-3)19(22)18(11-20)26-4/h5-11,15H,1,12-13H2,2-4H3. The van der Waals surface area contributed by atoms with Gasteiger partial charge in [-0.25, -0.2) is 8.42 Å². The van der Waals surface area contributed by atoms with Crippen molar-refractivity contribution in [3.63, 3.8) is 0 Å². The van der Waals surface area contributed by atoms with E-state index in [2.05, 4.69) is 6.58 Å². The second kappa shape index (κ2) is 6.98. The molecule has 1 fully saturated rings. The molecule has 1 atom stereocenters. The van der Waals surface area contributed by atoms with Crippen molar-refractivity contribution < 1.29 is 22.7 Å². The summed E-state index contributed by atoms with van der Waals surface area (Å²) in [4.78, 5) is 12.6. The number of carbonyl (C=O) groups excluding carboxylic acids is 1. The SMILES string of the molecule is C=CC1CN(S(=O)(=O)c2ccc(C)cc2)CC12C=C(OC)C(=O)C(OC)=C2. The van der Waals surface area contributed by atoms with Gasteiger partial charge < -0.3 is 9.47 Å². The highest BCUT2D eigenvalue weighted by molar-refractivity contribution is 7.89. The zero-order valence-corrected chi connectivity index (χ0v) is 16.5. The Labute approximate surface area is 159 Å². The van der Waals surface area contributed by atoms with Gasteiger partial charge in [0.15, 0.2) is 11.5 Å². The molecule has 1 aliphatic heterocycles. The van der Waals surface area contributed by atoms with Gasteiger partial charge in [0.25, 0.3) is 5.78 Å². The summed E-state index contributed by atoms with van der Waals surface area (Å²) < 4.78 is 38.1. The molecule has 7 heteroatoms. The van der Waals surface area contributed by atoms with Crippen LogP contribution in [-0.4, -0.2) is 45.8 Å². The summed E-state index contributed by atoms with van der Waals surface area (Å²) in [6.07, 6.45) is 5.09. The van der Waals surface area contributed by atoms with Gasteiger partial charge in [-0.2, -0.15) is 4.31 Å². The summed E-state index contributed by atoms with van der Waals surface area (Å²) in [7, 11) is -0.852. The summed E-state index contributed by atoms with van der Waals surface area (Å²) in [5.41, 5.74) is 0.242. The Morgan fingerprint density at radius 1 is 1.15 bits per heavy atom. The maximum atomic E-state index is 13.1. The van der Waals surface area contributed by atoms with Gasteiger partial charge in [0.1, 0.15) is 0 Å². The number of benzene rings is 1. The molecule has 1 spiro atoms. The molecule has 144 valence electrons. The van der Waals surface area contributed by atoms with Crippen molar-refractivity contribution >= 4 is 15.8 Å². The molecule has 0 aromatic heterocycles. The molecular weight excluding hydrogens is 366 g/mol. The lowest BCUT2D eigenvalue weighted by atomic mass is 9.74. The highest BCUT2D eigenvalue weighted by Gasteiger charge is 2.50. The van der Waals surface area contributed by atoms with E-state index in [1.54, 1.807) is 42.5 Å². The highest BCUT2D eigenvalue weighted by atomic mass is 32.2. The molecule has 1 aromatic rings. The number of ketones is 1. The van der Waals surface area contributed by atoms with Gasteiger partial charge in [0, 0.05) is 24.4 Å². The van der Waals surface area contributed by atoms with Crippen LogP contribution < -0.4 is 0 Å². The Morgan fingerprint density at radius 2 is 1.70 bits per heavy atom. The van der Waals surface area contributed by atoms with Crippen molar-refractivity contribution in [1.82, 2.24) is 4.31 Å². The van der Waals surface area contributed by atoms with Gasteiger partial charge >= 0.3 is 0 Å². The van der Waals surface area contributed by atoms with E-state index in [9.17, 15) is 13.2 Å². The molecule has 1 aliphatic carbocycles. The predicted molar refractivity (Wildman–Crippen MR) is 101 cm³/mol. The Hall–Kier alpha value is -2.38. The van der Waals surface area contributed by atoms with E-state index in [1.807, 2.05) is 6.92 Å². The fraction of sp³-hybridized carbons (Fsp3) is 0.350. The average Bonchev–Trinajstić information content (AvgIpc) is 3.02. The first kappa shape index (κ1) is 19.4. The normalized spacial score (nSPS) is 22.3. The lowest BCUT2D eigenvalue weighted by Gasteiger charge is -2.31. The third-order valence-electron chi connectivity index (χ3n) is 5.17. The van der Waals surface area contributed by atoms with Crippen LogP contribution in [0.2, 0.25) is 0 Å². The first-order valence-electron chi connectivity index (χ1n) is 8.55. The average molecular weight is 389 g/mol. The minimum absolute atomic E-state index is 0.149. The fourth-order valence-corrected chi connectivity index (χ4v) is 5.13. The number of hydrogen-bond donors (Lipinski definition) is 0. The number of sulfonamides is 1. The first-order valence-corrected chi connectivity index (χ1v) is 9.99. The van der Waals surface area contributed by atoms with Crippen LogP contribution in [0.3, 0.4) is 0 Å². The number of nitrogens with zero attached hydrogens (tertiary/aromatic N) is 1. The lowest BCUT2D eigenvalue weighted by molar-refractivity contribution is -0.118. The number of methoxy groups -OCH3 is 2. The van der Waals surface area contributed by atoms with Crippen molar-refractivity contribution in [3.8, 4) is 0 Å². The van der Waals surface area contributed by atoms with Gasteiger partial charge in [-0.15, -0.1) is 6.58 Å². The third-order valence-corrected chi connectivity index (χ3v) is 7.00. The largest absolute Gasteiger partial charge is 0.493 e. The molecule has 1 aromatic carbocycles. The van der Waals surface area contributed by atoms with E-state index < -0.39 is 15.4 Å². The smallest absolute Gasteiger partial charge is 0.261 e. The van der Waals surface area contributed by atoms with E-state index in [4.69, 9.17) is 9.47 Å². The maximum absolute atomic E-state index is 13.1. The molecule has 0 amide bonds. The van der Waals surface area contributed by atoms with Crippen LogP contribution in [-0.2, 0) is 24.3 Å². The Balaban J connectivity index is 2.04. The Bertz CT molecular complexity index is 904. The van der Waals surface area contributed by atoms with Gasteiger partial charge in [0.05, 0.1) is 19.1 Å². The Kier molecular flexibility index (Phi) is 5.01. The van der Waals surface area contributed by atoms with Crippen LogP contribution in [0, 0.1) is 18.3 Å². The molecule has 3 rings (SSSR count). The molecule has 2 aliphatic rings. The lowest BCUT2D eigenvalue weighted by Crippen LogP contribution is -2.34. The number of ether oxygens (including phenoxy) is 2. The third kappa shape index (κ3) is 3.21. The van der Waals surface area contributed by atoms with E-state index >= 15 is 0 Å². The van der Waals surface area contributed by atoms with Crippen molar-refractivity contribution in [2.45, 2.75) is 11.8 Å². The summed E-state index contributed by atoms with van der Waals surface area (Å²) >= 11 is 0. The second-order valence-corrected chi connectivity index (χ2v) is 8.76. The van der Waals surface area contributed by atoms with Gasteiger partial charge in [0.2, 0.25) is 10.0 Å². The van der Waals surface area contributed by atoms with E-state index in [-0.39, 0.29) is 41.2 Å². The molecule has 27 heavy (non-hydrogen) atoms. The summed E-state index contributed by atoms with van der Waals surface area (Å²) in [6.45, 7) is 6.20. The molecule has 0 N–H and O–H groups in total. The second-order valence-electron chi connectivity index (χ2n) is 6.82. The van der Waals surface area contributed by atoms with Gasteiger partial charge in [-0.3, -0.25) is 4.79 Å². The molecule has 1 unspecified atom stereocenters. The van der Waals surface area contributed by atoms with Crippen LogP contribution >= 0.6 is 0 Å². The number of hydrogen-bond acceptors (Lipinski definition) is 5. The van der Waals surface area contributed by atoms with Crippen molar-refractivity contribution in [1.29, 1.82) is 0 Å². The predicted octanol–water partition coefficient (Wildman–Crippen LogP) is 2.43. The van der Waals surface area contributed by atoms with Crippen LogP contribution in [0.15, 0.2) is 65.5 Å². The summed E-state index contributed by atoms with van der Waals surface area (Å²) in [5.74, 6) is -0.277. The maximum Gasteiger partial charge on any atom is 0.261 e. The monoisotopic (exact) mass is 389 g/mol. The van der Waals surface area contributed by atoms with Gasteiger partial charge in [-0.1, -0.05) is 23.8 Å². The minimum atomic E-state index is -3.68. The zero-order valence-electron chi connectivity index (χ0n) is 15.6. The van der Waals surface area contributed by atoms with Crippen molar-refractivity contribution in [2.75, 3.05) is 27.3 Å². The van der Waals surface area contributed by atoms with Crippen molar-refractivity contribution in [2.24, 2.45) is 11.3 Å². The van der Waals surface area contributed by atoms with Crippen molar-refractivity contribution in [3.05, 3.63) is 66.2 Å². The van der Waals surface area contributed by atoms with E-state index in [1.165, 1.54) is 18.5 Å². The number of carbonyl (C=O) groups is 1. The molecule has 0 radical (unpaired) electrons. The summed E-state index contributed by atoms with van der Waals surface area (Å²) in [6, 6.07) is 6.76. The first-order chi connectivity index (χ1) is 12.8. The zero-order chi connectivity index (χ0) is 19.8. The van der Waals surface area contributed by atoms with Crippen LogP contribution in [0.1, 0.15) is 5.56 Å². The fourth-order valence-electron chi connectivity index (χ4n) is 3.60.